The van der Waals surface area contributed by atoms with E-state index in [0.717, 1.165) is 11.3 Å². The zero-order chi connectivity index (χ0) is 26.5. The molecule has 10 nitrogen and oxygen atoms in total. The van der Waals surface area contributed by atoms with Crippen molar-refractivity contribution in [2.75, 3.05) is 24.7 Å². The number of hydrogen-bond acceptors (Lipinski definition) is 8. The molecule has 0 spiro atoms. The molecular formula is C24H28B2N6O4. The van der Waals surface area contributed by atoms with Crippen molar-refractivity contribution in [1.29, 1.82) is 0 Å². The second-order valence-corrected chi connectivity index (χ2v) is 10.1. The number of rotatable bonds is 7. The molecule has 4 radical (unpaired) electrons. The van der Waals surface area contributed by atoms with Gasteiger partial charge >= 0.3 is 0 Å². The summed E-state index contributed by atoms with van der Waals surface area (Å²) in [6.07, 6.45) is 4.41. The number of aryl methyl sites for hydroxylation is 2. The highest BCUT2D eigenvalue weighted by molar-refractivity contribution is 6.21. The first-order chi connectivity index (χ1) is 16.8. The fraction of sp³-hybridized carbons (Fsp3) is 0.458. The Bertz CT molecular complexity index is 1380. The third-order valence-electron chi connectivity index (χ3n) is 6.97. The van der Waals surface area contributed by atoms with Gasteiger partial charge in [-0.15, -0.1) is 0 Å². The van der Waals surface area contributed by atoms with Crippen molar-refractivity contribution in [3.63, 3.8) is 0 Å². The fourth-order valence-corrected chi connectivity index (χ4v) is 5.03. The average Bonchev–Trinajstić information content (AvgIpc) is 3.29. The molecule has 1 fully saturated rings. The molecule has 0 bridgehead atoms. The van der Waals surface area contributed by atoms with Crippen LogP contribution in [0.15, 0.2) is 28.0 Å². The molecule has 2 unspecified atom stereocenters. The summed E-state index contributed by atoms with van der Waals surface area (Å²) in [6.45, 7) is 3.97. The van der Waals surface area contributed by atoms with E-state index >= 15 is 0 Å². The van der Waals surface area contributed by atoms with Gasteiger partial charge in [0.2, 0.25) is 0 Å². The summed E-state index contributed by atoms with van der Waals surface area (Å²) < 4.78 is 1.69. The molecule has 3 aromatic rings. The predicted molar refractivity (Wildman–Crippen MR) is 139 cm³/mol. The Hall–Kier alpha value is -3.56. The van der Waals surface area contributed by atoms with Gasteiger partial charge in [-0.25, -0.2) is 4.98 Å². The average molecular weight is 486 g/mol. The monoisotopic (exact) mass is 486 g/mol. The lowest BCUT2D eigenvalue weighted by Crippen LogP contribution is -2.40. The Balaban J connectivity index is 1.72. The van der Waals surface area contributed by atoms with Gasteiger partial charge in [-0.05, 0) is 24.0 Å². The van der Waals surface area contributed by atoms with E-state index in [9.17, 15) is 19.5 Å². The molecule has 1 saturated carbocycles. The van der Waals surface area contributed by atoms with E-state index < -0.39 is 34.0 Å². The molecule has 4 rings (SSSR count). The Morgan fingerprint density at radius 2 is 1.83 bits per heavy atom. The predicted octanol–water partition coefficient (Wildman–Crippen LogP) is 1.74. The van der Waals surface area contributed by atoms with Crippen molar-refractivity contribution in [2.45, 2.75) is 44.4 Å². The number of aromatic hydroxyl groups is 1. The van der Waals surface area contributed by atoms with E-state index in [0.29, 0.717) is 12.8 Å². The summed E-state index contributed by atoms with van der Waals surface area (Å²) >= 11 is 0. The minimum atomic E-state index is -0.740. The van der Waals surface area contributed by atoms with Gasteiger partial charge < -0.3 is 20.6 Å². The first-order valence-corrected chi connectivity index (χ1v) is 11.6. The van der Waals surface area contributed by atoms with Gasteiger partial charge in [0.1, 0.15) is 11.4 Å². The number of pyridine rings is 1. The van der Waals surface area contributed by atoms with E-state index in [1.54, 1.807) is 4.68 Å². The largest absolute Gasteiger partial charge is 0.504 e. The molecule has 1 aliphatic carbocycles. The maximum absolute atomic E-state index is 12.7. The second-order valence-electron chi connectivity index (χ2n) is 10.1. The molecule has 1 aliphatic rings. The Labute approximate surface area is 211 Å². The van der Waals surface area contributed by atoms with Crippen LogP contribution in [0.5, 0.6) is 5.75 Å². The third kappa shape index (κ3) is 4.29. The van der Waals surface area contributed by atoms with Crippen LogP contribution in [-0.2, 0) is 7.05 Å². The first-order valence-electron chi connectivity index (χ1n) is 11.6. The fourth-order valence-electron chi connectivity index (χ4n) is 5.03. The van der Waals surface area contributed by atoms with Gasteiger partial charge in [-0.2, -0.15) is 5.10 Å². The number of nitrogens with one attached hydrogen (secondary N) is 2. The maximum atomic E-state index is 12.7. The third-order valence-corrected chi connectivity index (χ3v) is 6.97. The molecule has 2 heterocycles. The minimum absolute atomic E-state index is 0.0152. The highest BCUT2D eigenvalue weighted by Gasteiger charge is 2.46. The number of anilines is 3. The number of carbonyl (C=O) groups excluding carboxylic acids is 1. The molecule has 0 aliphatic heterocycles. The normalized spacial score (nSPS) is 22.5. The molecule has 2 aromatic heterocycles. The molecule has 1 amide bonds. The summed E-state index contributed by atoms with van der Waals surface area (Å²) in [5.74, 6) is -1.36. The van der Waals surface area contributed by atoms with Crippen molar-refractivity contribution in [3.05, 3.63) is 55.9 Å². The van der Waals surface area contributed by atoms with Crippen LogP contribution in [0.4, 0.5) is 17.1 Å². The van der Waals surface area contributed by atoms with Crippen LogP contribution in [0.3, 0.4) is 0 Å². The topological polar surface area (TPSA) is 129 Å². The number of carbonyl (C=O) groups is 1. The minimum Gasteiger partial charge on any atom is -0.504 e. The summed E-state index contributed by atoms with van der Waals surface area (Å²) in [7, 11) is 17.4. The van der Waals surface area contributed by atoms with Gasteiger partial charge in [-0.3, -0.25) is 19.1 Å². The molecular weight excluding hydrogens is 458 g/mol. The lowest BCUT2D eigenvalue weighted by Gasteiger charge is -2.36. The van der Waals surface area contributed by atoms with Crippen LogP contribution in [0.2, 0.25) is 11.6 Å². The molecule has 3 N–H and O–H groups in total. The quantitative estimate of drug-likeness (QED) is 0.341. The van der Waals surface area contributed by atoms with Gasteiger partial charge in [0.05, 0.1) is 33.1 Å². The Morgan fingerprint density at radius 3 is 2.39 bits per heavy atom. The molecule has 0 saturated heterocycles. The highest BCUT2D eigenvalue weighted by Crippen LogP contribution is 2.56. The number of hydrogen-bond donors (Lipinski definition) is 3. The summed E-state index contributed by atoms with van der Waals surface area (Å²) in [5.41, 5.74) is -0.281. The van der Waals surface area contributed by atoms with Crippen LogP contribution in [0, 0.1) is 12.3 Å². The standard InChI is InChI=1S/C24H28B2N6O4/c1-11-10-32(5)30-15(11)22(24(2)8-12(25)13(26)9-24)29-17-16(20(34)21(17)35)28-14-6-7-27-18(19(14)33)23(36)31(3)4/h6-7,10,12-13,22,29,33H,8-9H2,1-5H3,(H,27,28)/t12?,13?,22-,24?/m0/s1. The molecule has 36 heavy (non-hydrogen) atoms. The SMILES string of the molecule is [B]C1CC(C)([C@@H](Nc2c(Nc3ccnc(C(=O)N(C)C)c3O)c(=O)c2=O)c2nn(C)cc2C)CC1[B]. The molecule has 1 aromatic carbocycles. The molecule has 3 atom stereocenters. The van der Waals surface area contributed by atoms with E-state index in [1.165, 1.54) is 31.3 Å². The van der Waals surface area contributed by atoms with Gasteiger partial charge in [0.25, 0.3) is 16.8 Å². The van der Waals surface area contributed by atoms with Gasteiger partial charge in [0.15, 0.2) is 11.4 Å². The van der Waals surface area contributed by atoms with E-state index in [2.05, 4.69) is 20.7 Å². The number of aromatic nitrogens is 3. The van der Waals surface area contributed by atoms with Crippen molar-refractivity contribution in [2.24, 2.45) is 12.5 Å². The van der Waals surface area contributed by atoms with Crippen molar-refractivity contribution in [3.8, 4) is 5.75 Å². The molecule has 184 valence electrons. The van der Waals surface area contributed by atoms with Crippen molar-refractivity contribution < 1.29 is 9.90 Å². The maximum Gasteiger partial charge on any atom is 0.275 e. The van der Waals surface area contributed by atoms with Crippen molar-refractivity contribution in [1.82, 2.24) is 19.7 Å². The summed E-state index contributed by atoms with van der Waals surface area (Å²) in [4.78, 5) is 42.8. The first kappa shape index (κ1) is 25.5. The summed E-state index contributed by atoms with van der Waals surface area (Å²) in [6, 6.07) is 0.957. The van der Waals surface area contributed by atoms with Gasteiger partial charge in [0, 0.05) is 33.5 Å². The van der Waals surface area contributed by atoms with Crippen LogP contribution >= 0.6 is 0 Å². The van der Waals surface area contributed by atoms with Crippen LogP contribution in [0.1, 0.15) is 47.6 Å². The Morgan fingerprint density at radius 1 is 1.22 bits per heavy atom. The second kappa shape index (κ2) is 9.15. The van der Waals surface area contributed by atoms with Crippen LogP contribution < -0.4 is 21.5 Å². The number of nitrogens with zero attached hydrogens (tertiary/aromatic N) is 4. The van der Waals surface area contributed by atoms with E-state index in [-0.39, 0.29) is 34.4 Å². The number of amides is 1. The van der Waals surface area contributed by atoms with Crippen molar-refractivity contribution >= 4 is 38.7 Å². The lowest BCUT2D eigenvalue weighted by molar-refractivity contribution is 0.0819. The lowest BCUT2D eigenvalue weighted by atomic mass is 9.69. The zero-order valence-electron chi connectivity index (χ0n) is 21.0. The van der Waals surface area contributed by atoms with E-state index in [4.69, 9.17) is 15.7 Å². The van der Waals surface area contributed by atoms with Gasteiger partial charge in [-0.1, -0.05) is 31.4 Å². The smallest absolute Gasteiger partial charge is 0.275 e. The van der Waals surface area contributed by atoms with Crippen LogP contribution in [-0.4, -0.2) is 60.5 Å². The zero-order valence-corrected chi connectivity index (χ0v) is 21.0. The molecule has 12 heteroatoms. The summed E-state index contributed by atoms with van der Waals surface area (Å²) in [5, 5.41) is 21.3. The van der Waals surface area contributed by atoms with E-state index in [1.807, 2.05) is 27.1 Å². The Kier molecular flexibility index (Phi) is 6.49. The highest BCUT2D eigenvalue weighted by atomic mass is 16.3. The van der Waals surface area contributed by atoms with Crippen LogP contribution in [0.25, 0.3) is 0 Å².